The van der Waals surface area contributed by atoms with Gasteiger partial charge in [0.15, 0.2) is 0 Å². The maximum Gasteiger partial charge on any atom is 0.129 e. The molecule has 0 aliphatic carbocycles. The molecule has 1 aliphatic rings. The van der Waals surface area contributed by atoms with E-state index in [0.29, 0.717) is 11.3 Å². The molecule has 1 fully saturated rings. The van der Waals surface area contributed by atoms with Gasteiger partial charge in [-0.3, -0.25) is 0 Å². The predicted octanol–water partition coefficient (Wildman–Crippen LogP) is 2.43. The molecule has 0 amide bonds. The second kappa shape index (κ2) is 5.27. The highest BCUT2D eigenvalue weighted by Gasteiger charge is 2.26. The molecule has 1 aromatic heterocycles. The van der Waals surface area contributed by atoms with Crippen molar-refractivity contribution in [3.8, 4) is 0 Å². The number of hydrogen-bond acceptors (Lipinski definition) is 4. The Balaban J connectivity index is 2.23. The largest absolute Gasteiger partial charge is 0.352 e. The molecule has 2 heterocycles. The van der Waals surface area contributed by atoms with Gasteiger partial charge in [-0.15, -0.1) is 0 Å². The fourth-order valence-corrected chi connectivity index (χ4v) is 3.23. The van der Waals surface area contributed by atoms with E-state index in [2.05, 4.69) is 29.8 Å². The molecule has 0 radical (unpaired) electrons. The topological polar surface area (TPSA) is 42.1 Å². The van der Waals surface area contributed by atoms with Gasteiger partial charge in [-0.1, -0.05) is 6.92 Å². The van der Waals surface area contributed by atoms with E-state index in [4.69, 9.17) is 5.73 Å². The highest BCUT2D eigenvalue weighted by Crippen LogP contribution is 2.28. The Labute approximate surface area is 108 Å². The number of pyridine rings is 1. The molecule has 2 N–H and O–H groups in total. The van der Waals surface area contributed by atoms with Crippen LogP contribution in [0.1, 0.15) is 32.4 Å². The van der Waals surface area contributed by atoms with Crippen molar-refractivity contribution < 1.29 is 0 Å². The summed E-state index contributed by atoms with van der Waals surface area (Å²) < 4.78 is 0. The Kier molecular flexibility index (Phi) is 3.94. The second-order valence-corrected chi connectivity index (χ2v) is 6.23. The lowest BCUT2D eigenvalue weighted by atomic mass is 10.1. The van der Waals surface area contributed by atoms with Crippen LogP contribution in [0.15, 0.2) is 18.3 Å². The van der Waals surface area contributed by atoms with E-state index in [1.165, 1.54) is 5.75 Å². The van der Waals surface area contributed by atoms with Gasteiger partial charge >= 0.3 is 0 Å². The van der Waals surface area contributed by atoms with Crippen LogP contribution < -0.4 is 10.6 Å². The zero-order chi connectivity index (χ0) is 12.4. The first-order chi connectivity index (χ1) is 8.09. The van der Waals surface area contributed by atoms with E-state index in [1.807, 2.05) is 30.9 Å². The number of nitrogens with zero attached hydrogens (tertiary/aromatic N) is 2. The Morgan fingerprint density at radius 2 is 2.29 bits per heavy atom. The van der Waals surface area contributed by atoms with E-state index in [-0.39, 0.29) is 6.04 Å². The molecule has 0 spiro atoms. The zero-order valence-electron chi connectivity index (χ0n) is 10.8. The highest BCUT2D eigenvalue weighted by atomic mass is 32.2. The summed E-state index contributed by atoms with van der Waals surface area (Å²) in [6, 6.07) is 4.73. The lowest BCUT2D eigenvalue weighted by Crippen LogP contribution is -2.45. The van der Waals surface area contributed by atoms with E-state index < -0.39 is 0 Å². The summed E-state index contributed by atoms with van der Waals surface area (Å²) in [6.45, 7) is 7.65. The van der Waals surface area contributed by atoms with E-state index in [1.54, 1.807) is 0 Å². The Hall–Kier alpha value is -0.740. The fourth-order valence-electron chi connectivity index (χ4n) is 2.13. The average Bonchev–Trinajstić information content (AvgIpc) is 2.33. The smallest absolute Gasteiger partial charge is 0.129 e. The molecule has 0 saturated carbocycles. The van der Waals surface area contributed by atoms with Crippen molar-refractivity contribution in [1.82, 2.24) is 4.98 Å². The Morgan fingerprint density at radius 1 is 1.53 bits per heavy atom. The van der Waals surface area contributed by atoms with Crippen LogP contribution in [0.5, 0.6) is 0 Å². The third-order valence-corrected chi connectivity index (χ3v) is 4.81. The first-order valence-corrected chi connectivity index (χ1v) is 7.24. The van der Waals surface area contributed by atoms with Crippen LogP contribution in [0.3, 0.4) is 0 Å². The van der Waals surface area contributed by atoms with Gasteiger partial charge in [0.1, 0.15) is 5.82 Å². The van der Waals surface area contributed by atoms with Crippen LogP contribution in [-0.2, 0) is 0 Å². The van der Waals surface area contributed by atoms with Crippen LogP contribution in [-0.4, -0.2) is 28.6 Å². The van der Waals surface area contributed by atoms with Crippen LogP contribution in [0.25, 0.3) is 0 Å². The maximum absolute atomic E-state index is 5.92. The van der Waals surface area contributed by atoms with Gasteiger partial charge in [0.2, 0.25) is 0 Å². The molecular formula is C13H21N3S. The van der Waals surface area contributed by atoms with Gasteiger partial charge < -0.3 is 10.6 Å². The Bertz CT molecular complexity index is 381. The van der Waals surface area contributed by atoms with Crippen molar-refractivity contribution >= 4 is 17.6 Å². The number of nitrogens with two attached hydrogens (primary N) is 1. The van der Waals surface area contributed by atoms with Crippen LogP contribution in [0, 0.1) is 0 Å². The van der Waals surface area contributed by atoms with E-state index >= 15 is 0 Å². The average molecular weight is 251 g/mol. The minimum Gasteiger partial charge on any atom is -0.352 e. The molecule has 1 saturated heterocycles. The molecule has 0 bridgehead atoms. The van der Waals surface area contributed by atoms with Gasteiger partial charge in [0.25, 0.3) is 0 Å². The molecule has 1 aromatic rings. The first kappa shape index (κ1) is 12.7. The van der Waals surface area contributed by atoms with Gasteiger partial charge in [-0.2, -0.15) is 11.8 Å². The third kappa shape index (κ3) is 2.75. The molecule has 17 heavy (non-hydrogen) atoms. The van der Waals surface area contributed by atoms with Crippen molar-refractivity contribution in [1.29, 1.82) is 0 Å². The molecule has 0 aromatic carbocycles. The molecule has 3 atom stereocenters. The minimum absolute atomic E-state index is 0.0728. The van der Waals surface area contributed by atoms with Crippen molar-refractivity contribution in [2.24, 2.45) is 5.73 Å². The number of rotatable bonds is 2. The molecule has 3 nitrogen and oxygen atoms in total. The third-order valence-electron chi connectivity index (χ3n) is 3.47. The lowest BCUT2D eigenvalue weighted by molar-refractivity contribution is 0.619. The summed E-state index contributed by atoms with van der Waals surface area (Å²) in [7, 11) is 0. The summed E-state index contributed by atoms with van der Waals surface area (Å²) >= 11 is 2.04. The molecule has 2 rings (SSSR count). The lowest BCUT2D eigenvalue weighted by Gasteiger charge is -2.38. The van der Waals surface area contributed by atoms with Crippen molar-refractivity contribution in [2.45, 2.75) is 38.1 Å². The van der Waals surface area contributed by atoms with Crippen molar-refractivity contribution in [2.75, 3.05) is 17.2 Å². The summed E-state index contributed by atoms with van der Waals surface area (Å²) in [5.74, 6) is 2.25. The number of thioether (sulfide) groups is 1. The monoisotopic (exact) mass is 251 g/mol. The summed E-state index contributed by atoms with van der Waals surface area (Å²) in [5.41, 5.74) is 7.08. The fraction of sp³-hybridized carbons (Fsp3) is 0.615. The molecular weight excluding hydrogens is 230 g/mol. The quantitative estimate of drug-likeness (QED) is 0.876. The first-order valence-electron chi connectivity index (χ1n) is 6.19. The van der Waals surface area contributed by atoms with Gasteiger partial charge in [0, 0.05) is 35.8 Å². The second-order valence-electron chi connectivity index (χ2n) is 4.75. The van der Waals surface area contributed by atoms with Gasteiger partial charge in [-0.05, 0) is 31.5 Å². The van der Waals surface area contributed by atoms with E-state index in [9.17, 15) is 0 Å². The summed E-state index contributed by atoms with van der Waals surface area (Å²) in [5, 5.41) is 0.657. The van der Waals surface area contributed by atoms with Crippen LogP contribution in [0.4, 0.5) is 5.82 Å². The van der Waals surface area contributed by atoms with E-state index in [0.717, 1.165) is 17.9 Å². The Morgan fingerprint density at radius 3 is 3.00 bits per heavy atom. The number of aromatic nitrogens is 1. The number of hydrogen-bond donors (Lipinski definition) is 1. The van der Waals surface area contributed by atoms with Crippen LogP contribution >= 0.6 is 11.8 Å². The van der Waals surface area contributed by atoms with Crippen molar-refractivity contribution in [3.05, 3.63) is 23.9 Å². The molecule has 1 aliphatic heterocycles. The van der Waals surface area contributed by atoms with Crippen LogP contribution in [0.2, 0.25) is 0 Å². The van der Waals surface area contributed by atoms with Gasteiger partial charge in [0.05, 0.1) is 0 Å². The van der Waals surface area contributed by atoms with Crippen molar-refractivity contribution in [3.63, 3.8) is 0 Å². The molecule has 94 valence electrons. The number of anilines is 1. The zero-order valence-corrected chi connectivity index (χ0v) is 11.6. The standard InChI is InChI=1S/C13H21N3S/c1-9(14)12-4-5-15-13(8-12)16-6-7-17-11(3)10(16)2/h4-5,8-11H,6-7,14H2,1-3H3. The maximum atomic E-state index is 5.92. The highest BCUT2D eigenvalue weighted by molar-refractivity contribution is 8.00. The summed E-state index contributed by atoms with van der Waals surface area (Å²) in [6.07, 6.45) is 1.87. The predicted molar refractivity (Wildman–Crippen MR) is 75.6 cm³/mol. The summed E-state index contributed by atoms with van der Waals surface area (Å²) in [4.78, 5) is 6.89. The van der Waals surface area contributed by atoms with Gasteiger partial charge in [-0.25, -0.2) is 4.98 Å². The molecule has 3 unspecified atom stereocenters. The SMILES string of the molecule is CC(N)c1ccnc(N2CCSC(C)C2C)c1. The normalized spacial score (nSPS) is 26.9. The minimum atomic E-state index is 0.0728. The molecule has 4 heteroatoms.